The first-order valence-corrected chi connectivity index (χ1v) is 14.9. The Morgan fingerprint density at radius 2 is 1.48 bits per heavy atom. The topological polar surface area (TPSA) is 179 Å². The summed E-state index contributed by atoms with van der Waals surface area (Å²) in [4.78, 5) is 26.6. The van der Waals surface area contributed by atoms with E-state index in [9.17, 15) is 30.0 Å². The number of nitrogens with one attached hydrogen (secondary N) is 2. The number of rotatable bonds is 8. The minimum absolute atomic E-state index is 0.0151. The SMILES string of the molecule is N=NC(=O)C(Cc1cc(Br)c(O)c(Br)c1O)C(=O)N(N=Cc1cc(Br)c(O)c(Br)c1O)Nc1ccc2ccccc2c1. The fraction of sp³-hybridized carbons (Fsp3) is 0.0741. The standard InChI is InChI=1S/C27H19Br4N5O6/c28-18-9-14(22(37)20(30)24(18)39)8-17(26(41)34-32)27(42)36(33-11-15-10-19(29)25(40)21(31)23(15)38)35-16-6-5-12-3-1-2-4-13(12)7-16/h1-7,9-11,17,32,35,37-40H,8H2. The van der Waals surface area contributed by atoms with Crippen LogP contribution in [0.25, 0.3) is 10.8 Å². The lowest BCUT2D eigenvalue weighted by Crippen LogP contribution is -2.40. The van der Waals surface area contributed by atoms with Crippen molar-refractivity contribution in [2.75, 3.05) is 5.43 Å². The maximum atomic E-state index is 13.9. The van der Waals surface area contributed by atoms with Gasteiger partial charge in [-0.25, -0.2) is 5.53 Å². The van der Waals surface area contributed by atoms with E-state index in [4.69, 9.17) is 5.53 Å². The predicted molar refractivity (Wildman–Crippen MR) is 170 cm³/mol. The third kappa shape index (κ3) is 6.59. The predicted octanol–water partition coefficient (Wildman–Crippen LogP) is 7.32. The van der Waals surface area contributed by atoms with Crippen molar-refractivity contribution in [2.45, 2.75) is 6.42 Å². The van der Waals surface area contributed by atoms with E-state index in [-0.39, 0.29) is 46.3 Å². The molecule has 216 valence electrons. The number of halogens is 4. The van der Waals surface area contributed by atoms with Crippen molar-refractivity contribution in [1.82, 2.24) is 5.12 Å². The molecule has 11 nitrogen and oxygen atoms in total. The molecule has 0 saturated carbocycles. The molecule has 15 heteroatoms. The van der Waals surface area contributed by atoms with Gasteiger partial charge in [-0.1, -0.05) is 30.3 Å². The molecule has 6 N–H and O–H groups in total. The first-order chi connectivity index (χ1) is 19.9. The van der Waals surface area contributed by atoms with Crippen LogP contribution in [0.5, 0.6) is 23.0 Å². The van der Waals surface area contributed by atoms with Crippen molar-refractivity contribution < 1.29 is 30.0 Å². The molecule has 0 heterocycles. The highest BCUT2D eigenvalue weighted by Gasteiger charge is 2.33. The van der Waals surface area contributed by atoms with Crippen LogP contribution >= 0.6 is 63.7 Å². The minimum Gasteiger partial charge on any atom is -0.506 e. The number of anilines is 1. The first-order valence-electron chi connectivity index (χ1n) is 11.8. The number of fused-ring (bicyclic) bond motifs is 1. The maximum absolute atomic E-state index is 13.9. The van der Waals surface area contributed by atoms with E-state index in [2.05, 4.69) is 79.4 Å². The molecule has 0 aliphatic carbocycles. The molecule has 0 bridgehead atoms. The van der Waals surface area contributed by atoms with Crippen molar-refractivity contribution in [2.24, 2.45) is 16.1 Å². The van der Waals surface area contributed by atoms with Gasteiger partial charge in [-0.3, -0.25) is 15.0 Å². The van der Waals surface area contributed by atoms with Crippen LogP contribution in [0.4, 0.5) is 5.69 Å². The number of hydrogen-bond acceptors (Lipinski definition) is 9. The number of carbonyl (C=O) groups excluding carboxylic acids is 2. The van der Waals surface area contributed by atoms with E-state index in [1.807, 2.05) is 30.3 Å². The molecular weight excluding hydrogens is 810 g/mol. The Bertz CT molecular complexity index is 1770. The highest BCUT2D eigenvalue weighted by molar-refractivity contribution is 9.11. The Hall–Kier alpha value is -3.53. The van der Waals surface area contributed by atoms with E-state index >= 15 is 0 Å². The van der Waals surface area contributed by atoms with Crippen LogP contribution in [-0.2, 0) is 16.0 Å². The molecule has 1 atom stereocenters. The third-order valence-electron chi connectivity index (χ3n) is 6.08. The Kier molecular flexibility index (Phi) is 9.86. The van der Waals surface area contributed by atoms with Crippen molar-refractivity contribution >= 4 is 98.2 Å². The van der Waals surface area contributed by atoms with E-state index in [1.165, 1.54) is 12.1 Å². The fourth-order valence-electron chi connectivity index (χ4n) is 3.89. The molecule has 2 amide bonds. The average molecular weight is 829 g/mol. The molecule has 42 heavy (non-hydrogen) atoms. The van der Waals surface area contributed by atoms with Gasteiger partial charge in [0.15, 0.2) is 0 Å². The number of hydrogen-bond donors (Lipinski definition) is 6. The minimum atomic E-state index is -1.63. The van der Waals surface area contributed by atoms with E-state index < -0.39 is 29.9 Å². The molecule has 4 rings (SSSR count). The Morgan fingerprint density at radius 1 is 0.857 bits per heavy atom. The van der Waals surface area contributed by atoms with Gasteiger partial charge in [-0.05, 0) is 111 Å². The van der Waals surface area contributed by atoms with Crippen molar-refractivity contribution in [3.63, 3.8) is 0 Å². The van der Waals surface area contributed by atoms with E-state index in [0.29, 0.717) is 5.69 Å². The summed E-state index contributed by atoms with van der Waals surface area (Å²) in [5.74, 6) is -5.00. The van der Waals surface area contributed by atoms with Gasteiger partial charge in [-0.15, -0.1) is 10.2 Å². The number of phenolic OH excluding ortho intramolecular Hbond substituents is 4. The molecule has 0 aromatic heterocycles. The summed E-state index contributed by atoms with van der Waals surface area (Å²) in [6.07, 6.45) is 0.719. The van der Waals surface area contributed by atoms with Crippen LogP contribution in [0.3, 0.4) is 0 Å². The van der Waals surface area contributed by atoms with Gasteiger partial charge in [0.1, 0.15) is 37.9 Å². The monoisotopic (exact) mass is 825 g/mol. The summed E-state index contributed by atoms with van der Waals surface area (Å²) in [5.41, 5.74) is 10.8. The molecule has 0 aliphatic rings. The zero-order chi connectivity index (χ0) is 30.7. The summed E-state index contributed by atoms with van der Waals surface area (Å²) in [5, 5.41) is 50.9. The molecule has 4 aromatic carbocycles. The molecule has 0 saturated heterocycles. The van der Waals surface area contributed by atoms with Gasteiger partial charge in [0, 0.05) is 5.56 Å². The average Bonchev–Trinajstić information content (AvgIpc) is 2.99. The number of phenols is 4. The lowest BCUT2D eigenvalue weighted by Gasteiger charge is -2.23. The van der Waals surface area contributed by atoms with Crippen LogP contribution in [-0.4, -0.2) is 43.6 Å². The smallest absolute Gasteiger partial charge is 0.276 e. The zero-order valence-corrected chi connectivity index (χ0v) is 27.4. The molecule has 4 aromatic rings. The number of benzene rings is 4. The summed E-state index contributed by atoms with van der Waals surface area (Å²) in [7, 11) is 0. The van der Waals surface area contributed by atoms with Crippen LogP contribution in [0.15, 0.2) is 82.7 Å². The summed E-state index contributed by atoms with van der Waals surface area (Å²) in [6, 6.07) is 15.5. The largest absolute Gasteiger partial charge is 0.506 e. The summed E-state index contributed by atoms with van der Waals surface area (Å²) < 4.78 is 0.343. The lowest BCUT2D eigenvalue weighted by atomic mass is 9.97. The van der Waals surface area contributed by atoms with E-state index in [0.717, 1.165) is 22.1 Å². The number of nitrogens with zero attached hydrogens (tertiary/aromatic N) is 3. The molecular formula is C27H19Br4N5O6. The van der Waals surface area contributed by atoms with Crippen molar-refractivity contribution in [1.29, 1.82) is 5.53 Å². The molecule has 0 spiro atoms. The number of hydrazine groups is 1. The Labute approximate surface area is 271 Å². The highest BCUT2D eigenvalue weighted by Crippen LogP contribution is 2.43. The van der Waals surface area contributed by atoms with Gasteiger partial charge in [0.05, 0.1) is 20.8 Å². The zero-order valence-electron chi connectivity index (χ0n) is 21.0. The Morgan fingerprint density at radius 3 is 2.14 bits per heavy atom. The molecule has 0 radical (unpaired) electrons. The lowest BCUT2D eigenvalue weighted by molar-refractivity contribution is -0.140. The number of amides is 2. The number of hydrazone groups is 1. The van der Waals surface area contributed by atoms with Crippen LogP contribution in [0, 0.1) is 11.4 Å². The van der Waals surface area contributed by atoms with Gasteiger partial charge >= 0.3 is 0 Å². The molecule has 0 fully saturated rings. The van der Waals surface area contributed by atoms with E-state index in [1.54, 1.807) is 12.1 Å². The van der Waals surface area contributed by atoms with Crippen LogP contribution < -0.4 is 5.43 Å². The van der Waals surface area contributed by atoms with Crippen molar-refractivity contribution in [3.8, 4) is 23.0 Å². The summed E-state index contributed by atoms with van der Waals surface area (Å²) in [6.45, 7) is 0. The maximum Gasteiger partial charge on any atom is 0.276 e. The number of carbonyl (C=O) groups is 2. The van der Waals surface area contributed by atoms with Gasteiger partial charge in [0.25, 0.3) is 11.8 Å². The second-order valence-electron chi connectivity index (χ2n) is 8.76. The first kappa shape index (κ1) is 31.4. The van der Waals surface area contributed by atoms with Crippen LogP contribution in [0.2, 0.25) is 0 Å². The normalized spacial score (nSPS) is 11.9. The van der Waals surface area contributed by atoms with Crippen molar-refractivity contribution in [3.05, 3.63) is 83.6 Å². The number of aromatic hydroxyl groups is 4. The van der Waals surface area contributed by atoms with Gasteiger partial charge in [-0.2, -0.15) is 5.10 Å². The Balaban J connectivity index is 1.78. The quantitative estimate of drug-likeness (QED) is 0.0466. The third-order valence-corrected chi connectivity index (χ3v) is 8.79. The van der Waals surface area contributed by atoms with Gasteiger partial charge < -0.3 is 20.4 Å². The second kappa shape index (κ2) is 13.2. The fourth-order valence-corrected chi connectivity index (χ4v) is 6.25. The second-order valence-corrected chi connectivity index (χ2v) is 12.1. The van der Waals surface area contributed by atoms with Crippen LogP contribution in [0.1, 0.15) is 11.1 Å². The van der Waals surface area contributed by atoms with Gasteiger partial charge in [0.2, 0.25) is 0 Å². The molecule has 0 aliphatic heterocycles. The summed E-state index contributed by atoms with van der Waals surface area (Å²) >= 11 is 12.5. The molecule has 1 unspecified atom stereocenters. The highest BCUT2D eigenvalue weighted by atomic mass is 79.9.